The van der Waals surface area contributed by atoms with Crippen LogP contribution < -0.4 is 10.6 Å². The maximum atomic E-state index is 13.1. The summed E-state index contributed by atoms with van der Waals surface area (Å²) in [6, 6.07) is 4.95. The monoisotopic (exact) mass is 321 g/mol. The van der Waals surface area contributed by atoms with Crippen molar-refractivity contribution >= 4 is 5.96 Å². The van der Waals surface area contributed by atoms with Crippen molar-refractivity contribution in [1.82, 2.24) is 10.6 Å². The quantitative estimate of drug-likeness (QED) is 0.571. The van der Waals surface area contributed by atoms with Gasteiger partial charge in [0.2, 0.25) is 0 Å². The summed E-state index contributed by atoms with van der Waals surface area (Å²) in [5, 5.41) is 6.74. The van der Waals surface area contributed by atoms with Crippen molar-refractivity contribution in [2.45, 2.75) is 32.6 Å². The molecular weight excluding hydrogens is 293 g/mol. The molecule has 0 radical (unpaired) electrons. The summed E-state index contributed by atoms with van der Waals surface area (Å²) in [6.07, 6.45) is 4.47. The van der Waals surface area contributed by atoms with E-state index >= 15 is 0 Å². The highest BCUT2D eigenvalue weighted by molar-refractivity contribution is 5.79. The molecule has 4 nitrogen and oxygen atoms in total. The van der Waals surface area contributed by atoms with Crippen LogP contribution in [0.1, 0.15) is 30.4 Å². The standard InChI is InChI=1S/C18H28FN3O/c1-14-12-16(19)5-4-15(14)6-10-21-17(20-2)22-13-18(7-8-18)9-11-23-3/h4-5,12H,6-11,13H2,1-3H3,(H2,20,21,22). The summed E-state index contributed by atoms with van der Waals surface area (Å²) < 4.78 is 18.3. The van der Waals surface area contributed by atoms with Crippen LogP contribution in [0.4, 0.5) is 4.39 Å². The first kappa shape index (κ1) is 17.7. The van der Waals surface area contributed by atoms with E-state index in [0.717, 1.165) is 49.6 Å². The molecule has 0 heterocycles. The Morgan fingerprint density at radius 3 is 2.74 bits per heavy atom. The van der Waals surface area contributed by atoms with Crippen molar-refractivity contribution in [1.29, 1.82) is 0 Å². The average molecular weight is 321 g/mol. The molecule has 0 saturated heterocycles. The third-order valence-electron chi connectivity index (χ3n) is 4.64. The number of hydrogen-bond donors (Lipinski definition) is 2. The molecule has 5 heteroatoms. The summed E-state index contributed by atoms with van der Waals surface area (Å²) in [5.74, 6) is 0.649. The van der Waals surface area contributed by atoms with Gasteiger partial charge in [-0.25, -0.2) is 4.39 Å². The minimum absolute atomic E-state index is 0.178. The molecule has 0 spiro atoms. The van der Waals surface area contributed by atoms with E-state index in [9.17, 15) is 4.39 Å². The van der Waals surface area contributed by atoms with Gasteiger partial charge in [-0.1, -0.05) is 6.07 Å². The molecule has 1 fully saturated rings. The lowest BCUT2D eigenvalue weighted by molar-refractivity contribution is 0.172. The van der Waals surface area contributed by atoms with Crippen LogP contribution in [-0.4, -0.2) is 39.8 Å². The van der Waals surface area contributed by atoms with Crippen LogP contribution in [0.5, 0.6) is 0 Å². The molecule has 0 unspecified atom stereocenters. The topological polar surface area (TPSA) is 45.7 Å². The third-order valence-corrected chi connectivity index (χ3v) is 4.64. The molecule has 1 aliphatic rings. The highest BCUT2D eigenvalue weighted by Crippen LogP contribution is 2.48. The Balaban J connectivity index is 1.73. The zero-order chi connectivity index (χ0) is 16.7. The number of aryl methyl sites for hydroxylation is 1. The van der Waals surface area contributed by atoms with Crippen molar-refractivity contribution < 1.29 is 9.13 Å². The highest BCUT2D eigenvalue weighted by Gasteiger charge is 2.41. The fourth-order valence-corrected chi connectivity index (χ4v) is 2.76. The van der Waals surface area contributed by atoms with Crippen LogP contribution in [0.3, 0.4) is 0 Å². The number of guanidine groups is 1. The van der Waals surface area contributed by atoms with E-state index in [1.54, 1.807) is 20.2 Å². The summed E-state index contributed by atoms with van der Waals surface area (Å²) >= 11 is 0. The zero-order valence-electron chi connectivity index (χ0n) is 14.4. The molecule has 2 N–H and O–H groups in total. The Bertz CT molecular complexity index is 541. The molecule has 0 amide bonds. The van der Waals surface area contributed by atoms with Gasteiger partial charge in [0, 0.05) is 33.9 Å². The van der Waals surface area contributed by atoms with E-state index in [4.69, 9.17) is 4.74 Å². The Morgan fingerprint density at radius 2 is 2.13 bits per heavy atom. The summed E-state index contributed by atoms with van der Waals surface area (Å²) in [4.78, 5) is 4.27. The van der Waals surface area contributed by atoms with Gasteiger partial charge in [0.05, 0.1) is 0 Å². The molecule has 128 valence electrons. The number of halogens is 1. The molecule has 0 bridgehead atoms. The van der Waals surface area contributed by atoms with E-state index < -0.39 is 0 Å². The van der Waals surface area contributed by atoms with Gasteiger partial charge in [-0.2, -0.15) is 0 Å². The van der Waals surface area contributed by atoms with Crippen molar-refractivity contribution in [3.63, 3.8) is 0 Å². The maximum Gasteiger partial charge on any atom is 0.191 e. The van der Waals surface area contributed by atoms with Crippen molar-refractivity contribution in [3.8, 4) is 0 Å². The second-order valence-corrected chi connectivity index (χ2v) is 6.42. The zero-order valence-corrected chi connectivity index (χ0v) is 14.4. The maximum absolute atomic E-state index is 13.1. The number of ether oxygens (including phenoxy) is 1. The lowest BCUT2D eigenvalue weighted by Gasteiger charge is -2.18. The molecule has 0 aromatic heterocycles. The molecule has 1 aromatic carbocycles. The van der Waals surface area contributed by atoms with Crippen molar-refractivity contribution in [3.05, 3.63) is 35.1 Å². The fraction of sp³-hybridized carbons (Fsp3) is 0.611. The van der Waals surface area contributed by atoms with Crippen molar-refractivity contribution in [2.24, 2.45) is 10.4 Å². The number of nitrogens with one attached hydrogen (secondary N) is 2. The minimum atomic E-state index is -0.178. The second-order valence-electron chi connectivity index (χ2n) is 6.42. The van der Waals surface area contributed by atoms with E-state index in [1.807, 2.05) is 13.0 Å². The van der Waals surface area contributed by atoms with Gasteiger partial charge in [0.25, 0.3) is 0 Å². The first-order valence-corrected chi connectivity index (χ1v) is 8.27. The number of rotatable bonds is 8. The Hall–Kier alpha value is -1.62. The van der Waals surface area contributed by atoms with Gasteiger partial charge in [0.1, 0.15) is 5.82 Å². The third kappa shape index (κ3) is 5.50. The lowest BCUT2D eigenvalue weighted by Crippen LogP contribution is -2.41. The highest BCUT2D eigenvalue weighted by atomic mass is 19.1. The Kier molecular flexibility index (Phi) is 6.39. The molecule has 1 aromatic rings. The summed E-state index contributed by atoms with van der Waals surface area (Å²) in [6.45, 7) is 4.47. The lowest BCUT2D eigenvalue weighted by atomic mass is 10.0. The predicted octanol–water partition coefficient (Wildman–Crippen LogP) is 2.66. The van der Waals surface area contributed by atoms with Gasteiger partial charge in [-0.3, -0.25) is 4.99 Å². The van der Waals surface area contributed by atoms with E-state index in [0.29, 0.717) is 5.41 Å². The predicted molar refractivity (Wildman–Crippen MR) is 92.4 cm³/mol. The van der Waals surface area contributed by atoms with Crippen LogP contribution in [0.25, 0.3) is 0 Å². The number of aliphatic imine (C=N–C) groups is 1. The molecule has 2 rings (SSSR count). The first-order chi connectivity index (χ1) is 11.1. The van der Waals surface area contributed by atoms with Gasteiger partial charge < -0.3 is 15.4 Å². The normalized spacial score (nSPS) is 16.3. The smallest absolute Gasteiger partial charge is 0.191 e. The van der Waals surface area contributed by atoms with Gasteiger partial charge >= 0.3 is 0 Å². The van der Waals surface area contributed by atoms with Crippen molar-refractivity contribution in [2.75, 3.05) is 33.9 Å². The number of hydrogen-bond acceptors (Lipinski definition) is 2. The van der Waals surface area contributed by atoms with Crippen LogP contribution in [0.15, 0.2) is 23.2 Å². The van der Waals surface area contributed by atoms with Crippen LogP contribution >= 0.6 is 0 Å². The van der Waals surface area contributed by atoms with E-state index in [-0.39, 0.29) is 5.82 Å². The molecule has 1 saturated carbocycles. The minimum Gasteiger partial charge on any atom is -0.385 e. The number of benzene rings is 1. The fourth-order valence-electron chi connectivity index (χ4n) is 2.76. The summed E-state index contributed by atoms with van der Waals surface area (Å²) in [7, 11) is 3.54. The molecule has 23 heavy (non-hydrogen) atoms. The Morgan fingerprint density at radius 1 is 1.35 bits per heavy atom. The van der Waals surface area contributed by atoms with Crippen LogP contribution in [-0.2, 0) is 11.2 Å². The van der Waals surface area contributed by atoms with E-state index in [2.05, 4.69) is 15.6 Å². The van der Waals surface area contributed by atoms with Crippen LogP contribution in [0, 0.1) is 18.2 Å². The second kappa shape index (κ2) is 8.29. The average Bonchev–Trinajstić information content (AvgIpc) is 3.31. The van der Waals surface area contributed by atoms with Crippen LogP contribution in [0.2, 0.25) is 0 Å². The Labute approximate surface area is 138 Å². The number of methoxy groups -OCH3 is 1. The largest absolute Gasteiger partial charge is 0.385 e. The van der Waals surface area contributed by atoms with Gasteiger partial charge in [0.15, 0.2) is 5.96 Å². The molecule has 0 atom stereocenters. The van der Waals surface area contributed by atoms with E-state index in [1.165, 1.54) is 18.9 Å². The summed E-state index contributed by atoms with van der Waals surface area (Å²) in [5.41, 5.74) is 2.54. The number of nitrogens with zero attached hydrogens (tertiary/aromatic N) is 1. The molecule has 0 aliphatic heterocycles. The molecule has 1 aliphatic carbocycles. The SMILES string of the molecule is CN=C(NCCc1ccc(F)cc1C)NCC1(CCOC)CC1. The molecular formula is C18H28FN3O. The van der Waals surface area contributed by atoms with Gasteiger partial charge in [-0.15, -0.1) is 0 Å². The van der Waals surface area contributed by atoms with Gasteiger partial charge in [-0.05, 0) is 61.3 Å². The first-order valence-electron chi connectivity index (χ1n) is 8.27.